The van der Waals surface area contributed by atoms with Gasteiger partial charge in [-0.2, -0.15) is 5.10 Å². The Morgan fingerprint density at radius 1 is 1.33 bits per heavy atom. The number of nitrogens with one attached hydrogen (secondary N) is 2. The monoisotopic (exact) mass is 405 g/mol. The fourth-order valence-corrected chi connectivity index (χ4v) is 4.05. The fourth-order valence-electron chi connectivity index (χ4n) is 4.05. The highest BCUT2D eigenvalue weighted by atomic mass is 16.5. The Balaban J connectivity index is 1.53. The van der Waals surface area contributed by atoms with E-state index in [1.54, 1.807) is 13.3 Å². The van der Waals surface area contributed by atoms with Crippen molar-refractivity contribution in [3.05, 3.63) is 58.8 Å². The van der Waals surface area contributed by atoms with Gasteiger partial charge < -0.3 is 14.5 Å². The molecule has 156 valence electrons. The molecule has 0 radical (unpaired) electrons. The minimum Gasteiger partial charge on any atom is -0.493 e. The number of aromatic nitrogens is 1. The van der Waals surface area contributed by atoms with Crippen LogP contribution in [-0.4, -0.2) is 30.8 Å². The molecule has 1 heterocycles. The van der Waals surface area contributed by atoms with E-state index in [0.717, 1.165) is 29.3 Å². The molecule has 1 aliphatic carbocycles. The lowest BCUT2D eigenvalue weighted by Gasteiger charge is -2.18. The zero-order valence-electron chi connectivity index (χ0n) is 17.6. The van der Waals surface area contributed by atoms with Gasteiger partial charge in [-0.05, 0) is 68.0 Å². The van der Waals surface area contributed by atoms with Gasteiger partial charge in [-0.1, -0.05) is 13.0 Å². The molecule has 4 rings (SSSR count). The molecule has 1 aliphatic rings. The number of hydrogen-bond acceptors (Lipinski definition) is 4. The first-order chi connectivity index (χ1) is 14.6. The smallest absolute Gasteiger partial charge is 0.271 e. The Morgan fingerprint density at radius 3 is 3.00 bits per heavy atom. The number of aryl methyl sites for hydroxylation is 1. The van der Waals surface area contributed by atoms with Crippen molar-refractivity contribution in [2.24, 2.45) is 11.0 Å². The van der Waals surface area contributed by atoms with Crippen LogP contribution in [0.2, 0.25) is 0 Å². The molecule has 3 aromatic rings. The third kappa shape index (κ3) is 3.90. The Bertz CT molecular complexity index is 1100. The summed E-state index contributed by atoms with van der Waals surface area (Å²) in [6.45, 7) is 4.70. The summed E-state index contributed by atoms with van der Waals surface area (Å²) in [6, 6.07) is 11.3. The summed E-state index contributed by atoms with van der Waals surface area (Å²) in [5.74, 6) is 1.66. The van der Waals surface area contributed by atoms with E-state index in [1.165, 1.54) is 17.7 Å². The predicted octanol–water partition coefficient (Wildman–Crippen LogP) is 4.46. The summed E-state index contributed by atoms with van der Waals surface area (Å²) in [5, 5.41) is 5.27. The lowest BCUT2D eigenvalue weighted by atomic mass is 9.87. The first-order valence-electron chi connectivity index (χ1n) is 10.4. The number of ether oxygens (including phenoxy) is 2. The lowest BCUT2D eigenvalue weighted by Crippen LogP contribution is -2.17. The van der Waals surface area contributed by atoms with Crippen molar-refractivity contribution in [1.29, 1.82) is 0 Å². The number of aromatic amines is 1. The SMILES string of the molecule is CCOc1c(/C=N\NC(=O)c2ccc3[nH]c4c(c3c2)CC(C)CC4)cccc1OC. The van der Waals surface area contributed by atoms with E-state index in [0.29, 0.717) is 29.6 Å². The number of fused-ring (bicyclic) bond motifs is 3. The van der Waals surface area contributed by atoms with Crippen molar-refractivity contribution >= 4 is 23.0 Å². The van der Waals surface area contributed by atoms with Gasteiger partial charge in [0.2, 0.25) is 0 Å². The first-order valence-corrected chi connectivity index (χ1v) is 10.4. The summed E-state index contributed by atoms with van der Waals surface area (Å²) < 4.78 is 11.0. The normalized spacial score (nSPS) is 15.9. The van der Waals surface area contributed by atoms with Crippen molar-refractivity contribution in [1.82, 2.24) is 10.4 Å². The molecule has 2 aromatic carbocycles. The highest BCUT2D eigenvalue weighted by Crippen LogP contribution is 2.32. The molecule has 1 aromatic heterocycles. The number of rotatable bonds is 6. The highest BCUT2D eigenvalue weighted by molar-refractivity contribution is 5.99. The number of methoxy groups -OCH3 is 1. The second-order valence-electron chi connectivity index (χ2n) is 7.70. The lowest BCUT2D eigenvalue weighted by molar-refractivity contribution is 0.0955. The number of benzene rings is 2. The van der Waals surface area contributed by atoms with E-state index in [2.05, 4.69) is 22.4 Å². The topological polar surface area (TPSA) is 75.7 Å². The van der Waals surface area contributed by atoms with E-state index in [9.17, 15) is 4.79 Å². The maximum Gasteiger partial charge on any atom is 0.271 e. The zero-order chi connectivity index (χ0) is 21.1. The van der Waals surface area contributed by atoms with Crippen molar-refractivity contribution in [2.75, 3.05) is 13.7 Å². The van der Waals surface area contributed by atoms with Crippen molar-refractivity contribution < 1.29 is 14.3 Å². The van der Waals surface area contributed by atoms with Crippen molar-refractivity contribution in [2.45, 2.75) is 33.1 Å². The summed E-state index contributed by atoms with van der Waals surface area (Å²) in [7, 11) is 1.59. The average molecular weight is 405 g/mol. The number of para-hydroxylation sites is 1. The van der Waals surface area contributed by atoms with E-state index >= 15 is 0 Å². The molecule has 0 aliphatic heterocycles. The molecule has 1 atom stereocenters. The van der Waals surface area contributed by atoms with Crippen LogP contribution >= 0.6 is 0 Å². The van der Waals surface area contributed by atoms with Gasteiger partial charge in [0.25, 0.3) is 5.91 Å². The van der Waals surface area contributed by atoms with Gasteiger partial charge in [-0.3, -0.25) is 4.79 Å². The highest BCUT2D eigenvalue weighted by Gasteiger charge is 2.20. The van der Waals surface area contributed by atoms with E-state index < -0.39 is 0 Å². The van der Waals surface area contributed by atoms with Crippen LogP contribution in [0.3, 0.4) is 0 Å². The van der Waals surface area contributed by atoms with Crippen LogP contribution < -0.4 is 14.9 Å². The standard InChI is InChI=1S/C24H27N3O3/c1-4-30-23-17(6-5-7-22(23)29-3)14-25-27-24(28)16-9-11-21-19(13-16)18-12-15(2)8-10-20(18)26-21/h5-7,9,11,13-15,26H,4,8,10,12H2,1-3H3,(H,27,28)/b25-14-. The number of hydrazone groups is 1. The molecule has 30 heavy (non-hydrogen) atoms. The van der Waals surface area contributed by atoms with Gasteiger partial charge in [0.1, 0.15) is 0 Å². The summed E-state index contributed by atoms with van der Waals surface area (Å²) in [6.07, 6.45) is 4.90. The largest absolute Gasteiger partial charge is 0.493 e. The Kier molecular flexibility index (Phi) is 5.74. The number of carbonyl (C=O) groups excluding carboxylic acids is 1. The second-order valence-corrected chi connectivity index (χ2v) is 7.70. The first kappa shape index (κ1) is 20.0. The molecule has 0 bridgehead atoms. The maximum absolute atomic E-state index is 12.7. The Labute approximate surface area is 176 Å². The van der Waals surface area contributed by atoms with Gasteiger partial charge in [-0.25, -0.2) is 5.43 Å². The van der Waals surface area contributed by atoms with Gasteiger partial charge in [0, 0.05) is 27.7 Å². The molecule has 6 heteroatoms. The molecule has 0 saturated heterocycles. The van der Waals surface area contributed by atoms with Gasteiger partial charge in [-0.15, -0.1) is 0 Å². The maximum atomic E-state index is 12.7. The number of carbonyl (C=O) groups is 1. The minimum atomic E-state index is -0.243. The van der Waals surface area contributed by atoms with Crippen LogP contribution in [0.5, 0.6) is 11.5 Å². The van der Waals surface area contributed by atoms with Crippen LogP contribution in [0.4, 0.5) is 0 Å². The number of H-pyrrole nitrogens is 1. The van der Waals surface area contributed by atoms with E-state index in [-0.39, 0.29) is 5.91 Å². The predicted molar refractivity (Wildman–Crippen MR) is 119 cm³/mol. The third-order valence-electron chi connectivity index (χ3n) is 5.58. The Hall–Kier alpha value is -3.28. The number of amides is 1. The second kappa shape index (κ2) is 8.61. The van der Waals surface area contributed by atoms with Crippen molar-refractivity contribution in [3.63, 3.8) is 0 Å². The molecule has 0 fully saturated rings. The average Bonchev–Trinajstić information content (AvgIpc) is 3.11. The van der Waals surface area contributed by atoms with Gasteiger partial charge >= 0.3 is 0 Å². The van der Waals surface area contributed by atoms with Gasteiger partial charge in [0.05, 0.1) is 19.9 Å². The molecule has 0 spiro atoms. The van der Waals surface area contributed by atoms with Crippen LogP contribution in [-0.2, 0) is 12.8 Å². The van der Waals surface area contributed by atoms with Crippen LogP contribution in [0.25, 0.3) is 10.9 Å². The van der Waals surface area contributed by atoms with Crippen LogP contribution in [0.1, 0.15) is 47.4 Å². The molecule has 0 saturated carbocycles. The Morgan fingerprint density at radius 2 is 2.20 bits per heavy atom. The summed E-state index contributed by atoms with van der Waals surface area (Å²) in [4.78, 5) is 16.2. The van der Waals surface area contributed by atoms with Crippen molar-refractivity contribution in [3.8, 4) is 11.5 Å². The molecule has 6 nitrogen and oxygen atoms in total. The quantitative estimate of drug-likeness (QED) is 0.469. The fraction of sp³-hybridized carbons (Fsp3) is 0.333. The summed E-state index contributed by atoms with van der Waals surface area (Å²) in [5.41, 5.74) is 7.70. The van der Waals surface area contributed by atoms with Crippen LogP contribution in [0.15, 0.2) is 41.5 Å². The number of hydrogen-bond donors (Lipinski definition) is 2. The van der Waals surface area contributed by atoms with E-state index in [1.807, 2.05) is 43.3 Å². The minimum absolute atomic E-state index is 0.243. The molecule has 1 amide bonds. The molecular formula is C24H27N3O3. The molecule has 2 N–H and O–H groups in total. The van der Waals surface area contributed by atoms with Gasteiger partial charge in [0.15, 0.2) is 11.5 Å². The number of nitrogens with zero attached hydrogens (tertiary/aromatic N) is 1. The zero-order valence-corrected chi connectivity index (χ0v) is 17.6. The van der Waals surface area contributed by atoms with Crippen LogP contribution in [0, 0.1) is 5.92 Å². The molecular weight excluding hydrogens is 378 g/mol. The third-order valence-corrected chi connectivity index (χ3v) is 5.58. The molecule has 1 unspecified atom stereocenters. The van der Waals surface area contributed by atoms with E-state index in [4.69, 9.17) is 9.47 Å². The summed E-state index contributed by atoms with van der Waals surface area (Å²) >= 11 is 0.